The first-order valence-corrected chi connectivity index (χ1v) is 6.54. The lowest BCUT2D eigenvalue weighted by molar-refractivity contribution is -0.0424. The van der Waals surface area contributed by atoms with E-state index < -0.39 is 5.60 Å². The highest BCUT2D eigenvalue weighted by atomic mass is 16.7. The van der Waals surface area contributed by atoms with Crippen LogP contribution in [-0.2, 0) is 14.2 Å². The van der Waals surface area contributed by atoms with Crippen LogP contribution in [0.3, 0.4) is 0 Å². The smallest absolute Gasteiger partial charge is 0.410 e. The highest BCUT2D eigenvalue weighted by molar-refractivity contribution is 5.69. The van der Waals surface area contributed by atoms with Crippen LogP contribution in [0.25, 0.3) is 0 Å². The molecule has 0 aromatic carbocycles. The summed E-state index contributed by atoms with van der Waals surface area (Å²) in [5.41, 5.74) is -0.526. The molecule has 1 heterocycles. The van der Waals surface area contributed by atoms with Crippen LogP contribution in [0.2, 0.25) is 0 Å². The molecular formula is C13H25NO5. The Morgan fingerprint density at radius 3 is 2.63 bits per heavy atom. The maximum Gasteiger partial charge on any atom is 0.410 e. The average Bonchev–Trinajstić information content (AvgIpc) is 2.70. The summed E-state index contributed by atoms with van der Waals surface area (Å²) in [6, 6.07) is -0.189. The van der Waals surface area contributed by atoms with Crippen LogP contribution < -0.4 is 0 Å². The van der Waals surface area contributed by atoms with Crippen molar-refractivity contribution in [3.63, 3.8) is 0 Å². The van der Waals surface area contributed by atoms with Gasteiger partial charge < -0.3 is 24.2 Å². The van der Waals surface area contributed by atoms with Crippen LogP contribution in [0.5, 0.6) is 0 Å². The Balaban J connectivity index is 2.50. The maximum atomic E-state index is 12.0. The molecule has 1 N–H and O–H groups in total. The summed E-state index contributed by atoms with van der Waals surface area (Å²) in [4.78, 5) is 13.6. The molecule has 112 valence electrons. The molecule has 1 saturated heterocycles. The van der Waals surface area contributed by atoms with Gasteiger partial charge in [-0.25, -0.2) is 4.79 Å². The first-order valence-electron chi connectivity index (χ1n) is 6.54. The Labute approximate surface area is 114 Å². The number of aliphatic hydroxyl groups excluding tert-OH is 1. The average molecular weight is 275 g/mol. The molecule has 19 heavy (non-hydrogen) atoms. The van der Waals surface area contributed by atoms with E-state index >= 15 is 0 Å². The van der Waals surface area contributed by atoms with Gasteiger partial charge in [-0.1, -0.05) is 0 Å². The summed E-state index contributed by atoms with van der Waals surface area (Å²) in [6.07, 6.45) is 0.347. The molecule has 0 unspecified atom stereocenters. The Morgan fingerprint density at radius 1 is 1.42 bits per heavy atom. The summed E-state index contributed by atoms with van der Waals surface area (Å²) in [5, 5.41) is 9.36. The van der Waals surface area contributed by atoms with Crippen molar-refractivity contribution in [2.75, 3.05) is 33.7 Å². The molecule has 0 spiro atoms. The highest BCUT2D eigenvalue weighted by Crippen LogP contribution is 2.25. The van der Waals surface area contributed by atoms with Crippen molar-refractivity contribution < 1.29 is 24.1 Å². The number of carbonyl (C=O) groups is 1. The quantitative estimate of drug-likeness (QED) is 0.603. The van der Waals surface area contributed by atoms with E-state index in [-0.39, 0.29) is 31.5 Å². The van der Waals surface area contributed by atoms with Gasteiger partial charge in [0.25, 0.3) is 0 Å². The number of aliphatic hydroxyl groups is 1. The van der Waals surface area contributed by atoms with E-state index in [9.17, 15) is 9.90 Å². The van der Waals surface area contributed by atoms with Crippen molar-refractivity contribution in [2.24, 2.45) is 5.92 Å². The summed E-state index contributed by atoms with van der Waals surface area (Å²) < 4.78 is 15.5. The van der Waals surface area contributed by atoms with Crippen LogP contribution in [0.1, 0.15) is 27.2 Å². The van der Waals surface area contributed by atoms with Gasteiger partial charge >= 0.3 is 6.09 Å². The molecule has 1 aliphatic rings. The Morgan fingerprint density at radius 2 is 2.11 bits per heavy atom. The van der Waals surface area contributed by atoms with E-state index in [1.54, 1.807) is 12.0 Å². The van der Waals surface area contributed by atoms with Gasteiger partial charge in [0.2, 0.25) is 0 Å². The van der Waals surface area contributed by atoms with Crippen molar-refractivity contribution in [3.8, 4) is 0 Å². The van der Waals surface area contributed by atoms with E-state index in [4.69, 9.17) is 14.2 Å². The zero-order chi connectivity index (χ0) is 14.5. The Bertz CT molecular complexity index is 289. The fraction of sp³-hybridized carbons (Fsp3) is 0.923. The predicted octanol–water partition coefficient (Wildman–Crippen LogP) is 1.22. The third kappa shape index (κ3) is 5.34. The van der Waals surface area contributed by atoms with E-state index in [2.05, 4.69) is 0 Å². The number of hydrogen-bond donors (Lipinski definition) is 1. The van der Waals surface area contributed by atoms with Gasteiger partial charge in [-0.15, -0.1) is 0 Å². The molecule has 2 atom stereocenters. The normalized spacial score (nSPS) is 23.7. The third-order valence-electron chi connectivity index (χ3n) is 2.89. The zero-order valence-corrected chi connectivity index (χ0v) is 12.2. The van der Waals surface area contributed by atoms with Crippen molar-refractivity contribution in [2.45, 2.75) is 38.8 Å². The van der Waals surface area contributed by atoms with E-state index in [1.165, 1.54) is 0 Å². The monoisotopic (exact) mass is 275 g/mol. The van der Waals surface area contributed by atoms with Crippen LogP contribution in [-0.4, -0.2) is 61.4 Å². The molecule has 0 bridgehead atoms. The molecule has 1 amide bonds. The van der Waals surface area contributed by atoms with Gasteiger partial charge in [0.05, 0.1) is 19.3 Å². The lowest BCUT2D eigenvalue weighted by atomic mass is 10.1. The van der Waals surface area contributed by atoms with Crippen LogP contribution >= 0.6 is 0 Å². The van der Waals surface area contributed by atoms with Crippen LogP contribution in [0, 0.1) is 5.92 Å². The molecule has 6 heteroatoms. The van der Waals surface area contributed by atoms with Gasteiger partial charge in [0.15, 0.2) is 0 Å². The van der Waals surface area contributed by atoms with Gasteiger partial charge in [-0.3, -0.25) is 0 Å². The fourth-order valence-corrected chi connectivity index (χ4v) is 2.15. The maximum absolute atomic E-state index is 12.0. The molecule has 1 aliphatic heterocycles. The van der Waals surface area contributed by atoms with Crippen molar-refractivity contribution in [1.82, 2.24) is 4.90 Å². The summed E-state index contributed by atoms with van der Waals surface area (Å²) in [6.45, 7) is 6.73. The third-order valence-corrected chi connectivity index (χ3v) is 2.89. The van der Waals surface area contributed by atoms with Gasteiger partial charge in [-0.2, -0.15) is 0 Å². The molecule has 0 radical (unpaired) electrons. The zero-order valence-electron chi connectivity index (χ0n) is 12.2. The second-order valence-corrected chi connectivity index (χ2v) is 5.85. The molecule has 1 fully saturated rings. The van der Waals surface area contributed by atoms with Crippen LogP contribution in [0.4, 0.5) is 4.79 Å². The molecule has 6 nitrogen and oxygen atoms in total. The number of carbonyl (C=O) groups excluding carboxylic acids is 1. The number of hydrogen-bond acceptors (Lipinski definition) is 5. The van der Waals surface area contributed by atoms with Crippen molar-refractivity contribution in [1.29, 1.82) is 0 Å². The second kappa shape index (κ2) is 7.07. The number of likely N-dealkylation sites (tertiary alicyclic amines) is 1. The molecular weight excluding hydrogens is 250 g/mol. The predicted molar refractivity (Wildman–Crippen MR) is 69.7 cm³/mol. The summed E-state index contributed by atoms with van der Waals surface area (Å²) in [7, 11) is 1.57. The molecule has 1 rings (SSSR count). The first-order chi connectivity index (χ1) is 8.87. The largest absolute Gasteiger partial charge is 0.444 e. The lowest BCUT2D eigenvalue weighted by Gasteiger charge is -2.27. The fourth-order valence-electron chi connectivity index (χ4n) is 2.15. The molecule has 0 saturated carbocycles. The summed E-state index contributed by atoms with van der Waals surface area (Å²) in [5.74, 6) is 0.208. The van der Waals surface area contributed by atoms with E-state index in [0.717, 1.165) is 6.42 Å². The number of rotatable bonds is 5. The summed E-state index contributed by atoms with van der Waals surface area (Å²) >= 11 is 0. The van der Waals surface area contributed by atoms with Gasteiger partial charge in [-0.05, 0) is 27.2 Å². The Kier molecular flexibility index (Phi) is 6.03. The number of amides is 1. The van der Waals surface area contributed by atoms with Gasteiger partial charge in [0.1, 0.15) is 12.4 Å². The number of nitrogens with zero attached hydrogens (tertiary/aromatic N) is 1. The van der Waals surface area contributed by atoms with Crippen molar-refractivity contribution in [3.05, 3.63) is 0 Å². The molecule has 0 aromatic heterocycles. The number of ether oxygens (including phenoxy) is 3. The topological polar surface area (TPSA) is 68.2 Å². The van der Waals surface area contributed by atoms with Crippen molar-refractivity contribution >= 4 is 6.09 Å². The molecule has 0 aliphatic carbocycles. The molecule has 0 aromatic rings. The minimum absolute atomic E-state index is 0.0555. The van der Waals surface area contributed by atoms with Crippen LogP contribution in [0.15, 0.2) is 0 Å². The minimum atomic E-state index is -0.526. The highest BCUT2D eigenvalue weighted by Gasteiger charge is 2.37. The first kappa shape index (κ1) is 16.2. The van der Waals surface area contributed by atoms with Gasteiger partial charge in [0, 0.05) is 19.6 Å². The Hall–Kier alpha value is -0.850. The van der Waals surface area contributed by atoms with E-state index in [1.807, 2.05) is 20.8 Å². The lowest BCUT2D eigenvalue weighted by Crippen LogP contribution is -2.41. The SMILES string of the molecule is COCOC[C@H]1C[C@@H](CO)N(C(=O)OC(C)(C)C)C1. The standard InChI is InChI=1S/C13H25NO5/c1-13(2,3)19-12(16)14-6-10(5-11(14)7-15)8-18-9-17-4/h10-11,15H,5-9H2,1-4H3/t10-,11-/m0/s1. The number of methoxy groups -OCH3 is 1. The van der Waals surface area contributed by atoms with E-state index in [0.29, 0.717) is 13.2 Å². The minimum Gasteiger partial charge on any atom is -0.444 e. The second-order valence-electron chi connectivity index (χ2n) is 5.85.